The van der Waals surface area contributed by atoms with Crippen molar-refractivity contribution in [3.05, 3.63) is 29.3 Å². The van der Waals surface area contributed by atoms with Crippen molar-refractivity contribution in [2.24, 2.45) is 0 Å². The molecule has 0 fully saturated rings. The molecule has 1 aliphatic rings. The number of benzene rings is 1. The summed E-state index contributed by atoms with van der Waals surface area (Å²) in [7, 11) is 0. The second-order valence-corrected chi connectivity index (χ2v) is 3.36. The zero-order valence-electron chi connectivity index (χ0n) is 6.39. The number of halogens is 3. The van der Waals surface area contributed by atoms with E-state index in [1.165, 1.54) is 6.07 Å². The highest BCUT2D eigenvalue weighted by Gasteiger charge is 2.24. The Kier molecular flexibility index (Phi) is 2.21. The summed E-state index contributed by atoms with van der Waals surface area (Å²) in [5.41, 5.74) is 0.463. The molecule has 1 aromatic carbocycles. The molecule has 1 unspecified atom stereocenters. The Bertz CT molecular complexity index is 343. The van der Waals surface area contributed by atoms with Crippen molar-refractivity contribution in [2.75, 3.05) is 6.79 Å². The molecular formula is C8H5BrF2O2. The zero-order chi connectivity index (χ0) is 9.42. The van der Waals surface area contributed by atoms with Crippen molar-refractivity contribution in [1.29, 1.82) is 0 Å². The van der Waals surface area contributed by atoms with Crippen molar-refractivity contribution in [3.8, 4) is 5.75 Å². The molecular weight excluding hydrogens is 246 g/mol. The van der Waals surface area contributed by atoms with Gasteiger partial charge < -0.3 is 9.47 Å². The average molecular weight is 251 g/mol. The third-order valence-electron chi connectivity index (χ3n) is 1.74. The van der Waals surface area contributed by atoms with E-state index in [4.69, 9.17) is 9.47 Å². The van der Waals surface area contributed by atoms with Gasteiger partial charge in [-0.2, -0.15) is 4.39 Å². The highest BCUT2D eigenvalue weighted by atomic mass is 79.9. The first-order valence-corrected chi connectivity index (χ1v) is 4.48. The minimum atomic E-state index is -0.967. The zero-order valence-corrected chi connectivity index (χ0v) is 7.98. The molecule has 0 saturated carbocycles. The maximum atomic E-state index is 13.1. The van der Waals surface area contributed by atoms with Gasteiger partial charge in [0, 0.05) is 5.56 Å². The van der Waals surface area contributed by atoms with E-state index in [0.29, 0.717) is 5.56 Å². The highest BCUT2D eigenvalue weighted by molar-refractivity contribution is 9.09. The Labute approximate surface area is 81.6 Å². The lowest BCUT2D eigenvalue weighted by Crippen LogP contribution is -2.15. The van der Waals surface area contributed by atoms with Gasteiger partial charge in [0.25, 0.3) is 0 Å². The normalized spacial score (nSPS) is 20.7. The molecule has 70 valence electrons. The summed E-state index contributed by atoms with van der Waals surface area (Å²) in [6.45, 7) is -0.0801. The van der Waals surface area contributed by atoms with Crippen LogP contribution in [0.25, 0.3) is 0 Å². The topological polar surface area (TPSA) is 18.5 Å². The molecule has 1 aromatic rings. The molecule has 0 aromatic heterocycles. The molecule has 0 bridgehead atoms. The fourth-order valence-corrected chi connectivity index (χ4v) is 1.58. The first-order valence-electron chi connectivity index (χ1n) is 3.56. The number of hydrogen-bond donors (Lipinski definition) is 0. The van der Waals surface area contributed by atoms with E-state index in [2.05, 4.69) is 15.9 Å². The number of rotatable bonds is 0. The summed E-state index contributed by atoms with van der Waals surface area (Å²) in [5.74, 6) is -1.96. The summed E-state index contributed by atoms with van der Waals surface area (Å²) >= 11 is 3.15. The van der Waals surface area contributed by atoms with Gasteiger partial charge in [0.2, 0.25) is 5.82 Å². The lowest BCUT2D eigenvalue weighted by molar-refractivity contribution is -0.0212. The van der Waals surface area contributed by atoms with Crippen molar-refractivity contribution in [1.82, 2.24) is 0 Å². The summed E-state index contributed by atoms with van der Waals surface area (Å²) in [6.07, 6.45) is 0. The third kappa shape index (κ3) is 1.42. The van der Waals surface area contributed by atoms with E-state index in [1.54, 1.807) is 0 Å². The second-order valence-electron chi connectivity index (χ2n) is 2.52. The number of fused-ring (bicyclic) bond motifs is 1. The molecule has 2 rings (SSSR count). The molecule has 0 spiro atoms. The largest absolute Gasteiger partial charge is 0.464 e. The van der Waals surface area contributed by atoms with Crippen molar-refractivity contribution >= 4 is 15.9 Å². The maximum Gasteiger partial charge on any atom is 0.201 e. The van der Waals surface area contributed by atoms with Crippen LogP contribution < -0.4 is 4.74 Å². The number of alkyl halides is 1. The van der Waals surface area contributed by atoms with Gasteiger partial charge in [-0.15, -0.1) is 0 Å². The fourth-order valence-electron chi connectivity index (χ4n) is 1.11. The quantitative estimate of drug-likeness (QED) is 0.660. The first-order chi connectivity index (χ1) is 6.20. The molecule has 2 nitrogen and oxygen atoms in total. The van der Waals surface area contributed by atoms with Gasteiger partial charge in [0.15, 0.2) is 18.4 Å². The molecule has 1 aliphatic heterocycles. The Hall–Kier alpha value is -0.680. The van der Waals surface area contributed by atoms with E-state index < -0.39 is 16.6 Å². The van der Waals surface area contributed by atoms with Crippen LogP contribution >= 0.6 is 15.9 Å². The smallest absolute Gasteiger partial charge is 0.201 e. The van der Waals surface area contributed by atoms with Crippen LogP contribution in [0.2, 0.25) is 0 Å². The van der Waals surface area contributed by atoms with Crippen LogP contribution in [0.4, 0.5) is 8.78 Å². The van der Waals surface area contributed by atoms with Crippen LogP contribution in [-0.2, 0) is 4.74 Å². The van der Waals surface area contributed by atoms with Crippen LogP contribution in [0.5, 0.6) is 5.75 Å². The van der Waals surface area contributed by atoms with E-state index in [1.807, 2.05) is 0 Å². The maximum absolute atomic E-state index is 13.1. The van der Waals surface area contributed by atoms with Gasteiger partial charge in [-0.25, -0.2) is 4.39 Å². The Morgan fingerprint density at radius 1 is 1.38 bits per heavy atom. The summed E-state index contributed by atoms with van der Waals surface area (Å²) in [4.78, 5) is 0. The van der Waals surface area contributed by atoms with Gasteiger partial charge in [0.1, 0.15) is 5.01 Å². The van der Waals surface area contributed by atoms with Crippen LogP contribution in [-0.4, -0.2) is 6.79 Å². The standard InChI is InChI=1S/C8H5BrF2O2/c9-8-4-1-2-5(10)6(11)7(4)12-3-13-8/h1-2,8H,3H2. The summed E-state index contributed by atoms with van der Waals surface area (Å²) in [5, 5.41) is -0.439. The predicted molar refractivity (Wildman–Crippen MR) is 44.6 cm³/mol. The van der Waals surface area contributed by atoms with Crippen molar-refractivity contribution in [2.45, 2.75) is 5.01 Å². The van der Waals surface area contributed by atoms with Crippen LogP contribution in [0.15, 0.2) is 12.1 Å². The molecule has 0 amide bonds. The lowest BCUT2D eigenvalue weighted by atomic mass is 10.2. The van der Waals surface area contributed by atoms with Gasteiger partial charge in [-0.1, -0.05) is 15.9 Å². The molecule has 0 aliphatic carbocycles. The van der Waals surface area contributed by atoms with Gasteiger partial charge in [-0.3, -0.25) is 0 Å². The SMILES string of the molecule is Fc1ccc2c(c1F)OCOC2Br. The molecule has 5 heteroatoms. The second kappa shape index (κ2) is 3.23. The third-order valence-corrected chi connectivity index (χ3v) is 2.50. The molecule has 1 atom stereocenters. The summed E-state index contributed by atoms with van der Waals surface area (Å²) in [6, 6.07) is 2.47. The van der Waals surface area contributed by atoms with E-state index in [9.17, 15) is 8.78 Å². The number of ether oxygens (including phenoxy) is 2. The Balaban J connectivity index is 2.56. The molecule has 13 heavy (non-hydrogen) atoms. The van der Waals surface area contributed by atoms with E-state index >= 15 is 0 Å². The summed E-state index contributed by atoms with van der Waals surface area (Å²) < 4.78 is 35.6. The monoisotopic (exact) mass is 250 g/mol. The molecule has 0 radical (unpaired) electrons. The minimum absolute atomic E-state index is 0.0758. The minimum Gasteiger partial charge on any atom is -0.464 e. The van der Waals surface area contributed by atoms with Crippen LogP contribution in [0.3, 0.4) is 0 Å². The van der Waals surface area contributed by atoms with Crippen LogP contribution in [0, 0.1) is 11.6 Å². The van der Waals surface area contributed by atoms with Gasteiger partial charge in [0.05, 0.1) is 0 Å². The average Bonchev–Trinajstić information content (AvgIpc) is 2.12. The molecule has 1 heterocycles. The number of hydrogen-bond acceptors (Lipinski definition) is 2. The van der Waals surface area contributed by atoms with Crippen LogP contribution in [0.1, 0.15) is 10.6 Å². The van der Waals surface area contributed by atoms with E-state index in [-0.39, 0.29) is 12.5 Å². The highest BCUT2D eigenvalue weighted by Crippen LogP contribution is 2.38. The molecule has 0 saturated heterocycles. The predicted octanol–water partition coefficient (Wildman–Crippen LogP) is 2.72. The van der Waals surface area contributed by atoms with Gasteiger partial charge in [-0.05, 0) is 12.1 Å². The van der Waals surface area contributed by atoms with Crippen molar-refractivity contribution in [3.63, 3.8) is 0 Å². The van der Waals surface area contributed by atoms with Crippen molar-refractivity contribution < 1.29 is 18.3 Å². The van der Waals surface area contributed by atoms with Gasteiger partial charge >= 0.3 is 0 Å². The lowest BCUT2D eigenvalue weighted by Gasteiger charge is -2.22. The fraction of sp³-hybridized carbons (Fsp3) is 0.250. The van der Waals surface area contributed by atoms with E-state index in [0.717, 1.165) is 6.07 Å². The molecule has 0 N–H and O–H groups in total. The Morgan fingerprint density at radius 3 is 2.92 bits per heavy atom. The first kappa shape index (κ1) is 8.90. The Morgan fingerprint density at radius 2 is 2.15 bits per heavy atom.